The Bertz CT molecular complexity index is 381. The van der Waals surface area contributed by atoms with Crippen molar-refractivity contribution in [1.29, 1.82) is 0 Å². The SMILES string of the molecule is Cc1ccc(C(C)O)c(OCC2CCCCO2)c1. The number of benzene rings is 1. The first-order valence-electron chi connectivity index (χ1n) is 6.70. The van der Waals surface area contributed by atoms with Crippen LogP contribution in [0.5, 0.6) is 5.75 Å². The molecule has 1 fully saturated rings. The average Bonchev–Trinajstić information content (AvgIpc) is 2.37. The molecule has 2 atom stereocenters. The van der Waals surface area contributed by atoms with Crippen molar-refractivity contribution in [3.63, 3.8) is 0 Å². The summed E-state index contributed by atoms with van der Waals surface area (Å²) in [7, 11) is 0. The van der Waals surface area contributed by atoms with Gasteiger partial charge in [-0.05, 0) is 44.7 Å². The summed E-state index contributed by atoms with van der Waals surface area (Å²) in [6.07, 6.45) is 3.12. The lowest BCUT2D eigenvalue weighted by Crippen LogP contribution is -2.26. The Morgan fingerprint density at radius 2 is 2.28 bits per heavy atom. The summed E-state index contributed by atoms with van der Waals surface area (Å²) in [5.74, 6) is 0.777. The maximum absolute atomic E-state index is 9.72. The maximum atomic E-state index is 9.72. The highest BCUT2D eigenvalue weighted by molar-refractivity contribution is 5.38. The van der Waals surface area contributed by atoms with E-state index in [0.717, 1.165) is 36.3 Å². The van der Waals surface area contributed by atoms with Crippen LogP contribution in [0.2, 0.25) is 0 Å². The fourth-order valence-electron chi connectivity index (χ4n) is 2.23. The second-order valence-corrected chi connectivity index (χ2v) is 5.02. The number of hydrogen-bond acceptors (Lipinski definition) is 3. The molecular weight excluding hydrogens is 228 g/mol. The lowest BCUT2D eigenvalue weighted by atomic mass is 10.1. The standard InChI is InChI=1S/C15H22O3/c1-11-6-7-14(12(2)16)15(9-11)18-10-13-5-3-4-8-17-13/h6-7,9,12-13,16H,3-5,8,10H2,1-2H3. The summed E-state index contributed by atoms with van der Waals surface area (Å²) in [5.41, 5.74) is 1.98. The Kier molecular flexibility index (Phi) is 4.61. The van der Waals surface area contributed by atoms with E-state index in [1.165, 1.54) is 6.42 Å². The monoisotopic (exact) mass is 250 g/mol. The molecule has 0 bridgehead atoms. The summed E-state index contributed by atoms with van der Waals surface area (Å²) in [4.78, 5) is 0. The highest BCUT2D eigenvalue weighted by atomic mass is 16.5. The lowest BCUT2D eigenvalue weighted by molar-refractivity contribution is -0.0116. The van der Waals surface area contributed by atoms with E-state index >= 15 is 0 Å². The Morgan fingerprint density at radius 1 is 1.44 bits per heavy atom. The number of rotatable bonds is 4. The fourth-order valence-corrected chi connectivity index (χ4v) is 2.23. The Morgan fingerprint density at radius 3 is 2.94 bits per heavy atom. The molecule has 0 aromatic heterocycles. The number of aryl methyl sites for hydroxylation is 1. The van der Waals surface area contributed by atoms with Gasteiger partial charge in [-0.15, -0.1) is 0 Å². The summed E-state index contributed by atoms with van der Waals surface area (Å²) in [6, 6.07) is 5.90. The van der Waals surface area contributed by atoms with Crippen molar-refractivity contribution in [2.75, 3.05) is 13.2 Å². The molecule has 1 heterocycles. The van der Waals surface area contributed by atoms with Gasteiger partial charge in [-0.1, -0.05) is 12.1 Å². The fraction of sp³-hybridized carbons (Fsp3) is 0.600. The van der Waals surface area contributed by atoms with Gasteiger partial charge in [0.15, 0.2) is 0 Å². The van der Waals surface area contributed by atoms with E-state index < -0.39 is 6.10 Å². The van der Waals surface area contributed by atoms with Crippen molar-refractivity contribution < 1.29 is 14.6 Å². The van der Waals surface area contributed by atoms with Crippen molar-refractivity contribution in [3.8, 4) is 5.75 Å². The molecule has 1 aliphatic rings. The molecule has 1 aromatic carbocycles. The van der Waals surface area contributed by atoms with Crippen LogP contribution in [0.25, 0.3) is 0 Å². The Balaban J connectivity index is 2.00. The van der Waals surface area contributed by atoms with Crippen molar-refractivity contribution in [3.05, 3.63) is 29.3 Å². The third-order valence-corrected chi connectivity index (χ3v) is 3.32. The van der Waals surface area contributed by atoms with Crippen LogP contribution < -0.4 is 4.74 Å². The molecule has 1 saturated heterocycles. The molecule has 0 spiro atoms. The normalized spacial score (nSPS) is 21.6. The predicted molar refractivity (Wildman–Crippen MR) is 70.9 cm³/mol. The van der Waals surface area contributed by atoms with Crippen LogP contribution in [0.3, 0.4) is 0 Å². The van der Waals surface area contributed by atoms with Crippen LogP contribution in [0.4, 0.5) is 0 Å². The Hall–Kier alpha value is -1.06. The van der Waals surface area contributed by atoms with Gasteiger partial charge < -0.3 is 14.6 Å². The van der Waals surface area contributed by atoms with Gasteiger partial charge in [-0.3, -0.25) is 0 Å². The zero-order valence-corrected chi connectivity index (χ0v) is 11.2. The minimum atomic E-state index is -0.507. The van der Waals surface area contributed by atoms with Gasteiger partial charge in [0.05, 0.1) is 12.2 Å². The molecule has 0 saturated carbocycles. The highest BCUT2D eigenvalue weighted by Crippen LogP contribution is 2.27. The third-order valence-electron chi connectivity index (χ3n) is 3.32. The first-order valence-corrected chi connectivity index (χ1v) is 6.70. The zero-order chi connectivity index (χ0) is 13.0. The predicted octanol–water partition coefficient (Wildman–Crippen LogP) is 3.00. The summed E-state index contributed by atoms with van der Waals surface area (Å²) in [5, 5.41) is 9.72. The smallest absolute Gasteiger partial charge is 0.125 e. The van der Waals surface area contributed by atoms with Gasteiger partial charge in [0, 0.05) is 12.2 Å². The number of aliphatic hydroxyl groups excluding tert-OH is 1. The number of hydrogen-bond donors (Lipinski definition) is 1. The lowest BCUT2D eigenvalue weighted by Gasteiger charge is -2.23. The molecule has 0 aliphatic carbocycles. The second-order valence-electron chi connectivity index (χ2n) is 5.02. The average molecular weight is 250 g/mol. The van der Waals surface area contributed by atoms with Crippen LogP contribution in [-0.2, 0) is 4.74 Å². The molecular formula is C15H22O3. The summed E-state index contributed by atoms with van der Waals surface area (Å²) >= 11 is 0. The Labute approximate surface area is 109 Å². The van der Waals surface area contributed by atoms with Crippen molar-refractivity contribution in [1.82, 2.24) is 0 Å². The van der Waals surface area contributed by atoms with Crippen molar-refractivity contribution >= 4 is 0 Å². The van der Waals surface area contributed by atoms with Gasteiger partial charge in [0.1, 0.15) is 12.4 Å². The molecule has 2 unspecified atom stereocenters. The molecule has 1 N–H and O–H groups in total. The third kappa shape index (κ3) is 3.47. The topological polar surface area (TPSA) is 38.7 Å². The van der Waals surface area contributed by atoms with Crippen LogP contribution >= 0.6 is 0 Å². The molecule has 3 nitrogen and oxygen atoms in total. The van der Waals surface area contributed by atoms with Crippen LogP contribution in [-0.4, -0.2) is 24.4 Å². The molecule has 3 heteroatoms. The maximum Gasteiger partial charge on any atom is 0.125 e. The zero-order valence-electron chi connectivity index (χ0n) is 11.2. The van der Waals surface area contributed by atoms with E-state index in [2.05, 4.69) is 0 Å². The quantitative estimate of drug-likeness (QED) is 0.892. The highest BCUT2D eigenvalue weighted by Gasteiger charge is 2.16. The van der Waals surface area contributed by atoms with E-state index in [4.69, 9.17) is 9.47 Å². The largest absolute Gasteiger partial charge is 0.490 e. The molecule has 1 aromatic rings. The van der Waals surface area contributed by atoms with E-state index in [1.807, 2.05) is 25.1 Å². The summed E-state index contributed by atoms with van der Waals surface area (Å²) < 4.78 is 11.5. The first-order chi connectivity index (χ1) is 8.66. The molecule has 2 rings (SSSR count). The van der Waals surface area contributed by atoms with Gasteiger partial charge in [0.25, 0.3) is 0 Å². The first kappa shape index (κ1) is 13.4. The molecule has 100 valence electrons. The minimum absolute atomic E-state index is 0.195. The molecule has 0 amide bonds. The van der Waals surface area contributed by atoms with Crippen LogP contribution in [0, 0.1) is 6.92 Å². The number of aliphatic hydroxyl groups is 1. The molecule has 0 radical (unpaired) electrons. The van der Waals surface area contributed by atoms with Gasteiger partial charge in [0.2, 0.25) is 0 Å². The van der Waals surface area contributed by atoms with Crippen molar-refractivity contribution in [2.24, 2.45) is 0 Å². The molecule has 18 heavy (non-hydrogen) atoms. The molecule has 1 aliphatic heterocycles. The van der Waals surface area contributed by atoms with E-state index in [9.17, 15) is 5.11 Å². The van der Waals surface area contributed by atoms with Crippen LogP contribution in [0.15, 0.2) is 18.2 Å². The van der Waals surface area contributed by atoms with Gasteiger partial charge in [-0.2, -0.15) is 0 Å². The van der Waals surface area contributed by atoms with Gasteiger partial charge >= 0.3 is 0 Å². The summed E-state index contributed by atoms with van der Waals surface area (Å²) in [6.45, 7) is 5.19. The van der Waals surface area contributed by atoms with E-state index in [0.29, 0.717) is 6.61 Å². The van der Waals surface area contributed by atoms with Crippen molar-refractivity contribution in [2.45, 2.75) is 45.3 Å². The minimum Gasteiger partial charge on any atom is -0.490 e. The number of ether oxygens (including phenoxy) is 2. The van der Waals surface area contributed by atoms with E-state index in [-0.39, 0.29) is 6.10 Å². The second kappa shape index (κ2) is 6.21. The van der Waals surface area contributed by atoms with E-state index in [1.54, 1.807) is 6.92 Å². The van der Waals surface area contributed by atoms with Crippen LogP contribution in [0.1, 0.15) is 43.4 Å². The van der Waals surface area contributed by atoms with Gasteiger partial charge in [-0.25, -0.2) is 0 Å².